The molecule has 10 heteroatoms. The molecule has 0 aromatic carbocycles. The van der Waals surface area contributed by atoms with Crippen molar-refractivity contribution in [2.24, 2.45) is 11.8 Å². The highest BCUT2D eigenvalue weighted by Crippen LogP contribution is 2.22. The van der Waals surface area contributed by atoms with Crippen LogP contribution in [0.2, 0.25) is 0 Å². The number of amides is 2. The van der Waals surface area contributed by atoms with Crippen molar-refractivity contribution in [3.8, 4) is 0 Å². The van der Waals surface area contributed by atoms with Crippen LogP contribution < -0.4 is 5.32 Å². The largest absolute Gasteiger partial charge is 0.444 e. The molecule has 2 fully saturated rings. The summed E-state index contributed by atoms with van der Waals surface area (Å²) in [5, 5.41) is 2.72. The number of hydrogen-bond acceptors (Lipinski definition) is 6. The second-order valence-corrected chi connectivity index (χ2v) is 11.2. The third-order valence-corrected chi connectivity index (χ3v) is 5.49. The molecule has 0 bridgehead atoms. The number of carbonyl (C=O) groups excluding carboxylic acids is 2. The number of alkyl halides is 2. The fraction of sp³-hybridized carbons (Fsp3) is 0.913. The highest BCUT2D eigenvalue weighted by Gasteiger charge is 2.37. The van der Waals surface area contributed by atoms with Crippen LogP contribution in [0.25, 0.3) is 0 Å². The van der Waals surface area contributed by atoms with E-state index in [1.54, 1.807) is 27.8 Å². The van der Waals surface area contributed by atoms with E-state index in [0.717, 1.165) is 0 Å². The van der Waals surface area contributed by atoms with Crippen LogP contribution in [-0.4, -0.2) is 111 Å². The van der Waals surface area contributed by atoms with Crippen molar-refractivity contribution in [1.82, 2.24) is 20.0 Å². The van der Waals surface area contributed by atoms with Gasteiger partial charge in [0.25, 0.3) is 0 Å². The van der Waals surface area contributed by atoms with Gasteiger partial charge in [-0.15, -0.1) is 0 Å². The molecule has 33 heavy (non-hydrogen) atoms. The number of nitrogens with one attached hydrogen (secondary N) is 1. The van der Waals surface area contributed by atoms with Gasteiger partial charge in [-0.1, -0.05) is 0 Å². The number of likely N-dealkylation sites (N-methyl/N-ethyl adjacent to an activating group) is 3. The first kappa shape index (κ1) is 29.4. The van der Waals surface area contributed by atoms with Crippen LogP contribution in [0.15, 0.2) is 0 Å². The molecular formula is C23H44F2N4O4. The number of rotatable bonds is 4. The van der Waals surface area contributed by atoms with Gasteiger partial charge in [0, 0.05) is 45.1 Å². The third kappa shape index (κ3) is 10.4. The molecule has 2 aliphatic heterocycles. The normalized spacial score (nSPS) is 26.4. The van der Waals surface area contributed by atoms with Crippen molar-refractivity contribution in [2.45, 2.75) is 64.8 Å². The zero-order valence-corrected chi connectivity index (χ0v) is 21.8. The maximum absolute atomic E-state index is 12.9. The summed E-state index contributed by atoms with van der Waals surface area (Å²) in [5.74, 6) is -0.241. The molecule has 194 valence electrons. The molecule has 8 nitrogen and oxygen atoms in total. The van der Waals surface area contributed by atoms with Crippen LogP contribution in [-0.2, 0) is 9.47 Å². The molecule has 2 heterocycles. The monoisotopic (exact) mass is 478 g/mol. The fourth-order valence-corrected chi connectivity index (χ4v) is 3.99. The maximum atomic E-state index is 12.9. The number of carbonyl (C=O) groups is 2. The van der Waals surface area contributed by atoms with E-state index in [-0.39, 0.29) is 30.0 Å². The predicted molar refractivity (Wildman–Crippen MR) is 125 cm³/mol. The topological polar surface area (TPSA) is 74.4 Å². The Morgan fingerprint density at radius 1 is 0.879 bits per heavy atom. The predicted octanol–water partition coefficient (Wildman–Crippen LogP) is 3.16. The van der Waals surface area contributed by atoms with Crippen LogP contribution in [0.4, 0.5) is 18.4 Å². The van der Waals surface area contributed by atoms with Crippen LogP contribution in [0, 0.1) is 11.8 Å². The number of hydrogen-bond donors (Lipinski definition) is 1. The van der Waals surface area contributed by atoms with Crippen molar-refractivity contribution in [2.75, 3.05) is 60.7 Å². The van der Waals surface area contributed by atoms with Gasteiger partial charge in [0.2, 0.25) is 0 Å². The third-order valence-electron chi connectivity index (χ3n) is 5.49. The van der Waals surface area contributed by atoms with Gasteiger partial charge in [-0.25, -0.2) is 9.59 Å². The SMILES string of the molecule is CN1C[C@H](CF)[C@H](N(C)C(=O)OC(C)(C)C)C1.CN1C[C@H](CF)[C@H](NC(=O)OC(C)(C)C)C1. The van der Waals surface area contributed by atoms with E-state index < -0.39 is 30.6 Å². The van der Waals surface area contributed by atoms with Crippen molar-refractivity contribution in [3.63, 3.8) is 0 Å². The van der Waals surface area contributed by atoms with Gasteiger partial charge in [0.05, 0.1) is 25.4 Å². The number of halogens is 2. The van der Waals surface area contributed by atoms with Gasteiger partial charge in [-0.3, -0.25) is 8.78 Å². The summed E-state index contributed by atoms with van der Waals surface area (Å²) in [5.41, 5.74) is -1.03. The summed E-state index contributed by atoms with van der Waals surface area (Å²) >= 11 is 0. The molecule has 0 aliphatic carbocycles. The van der Waals surface area contributed by atoms with Crippen molar-refractivity contribution in [3.05, 3.63) is 0 Å². The Kier molecular flexibility index (Phi) is 10.8. The Morgan fingerprint density at radius 2 is 1.36 bits per heavy atom. The smallest absolute Gasteiger partial charge is 0.410 e. The molecule has 2 saturated heterocycles. The van der Waals surface area contributed by atoms with E-state index in [1.165, 1.54) is 4.90 Å². The molecule has 1 N–H and O–H groups in total. The summed E-state index contributed by atoms with van der Waals surface area (Å²) in [7, 11) is 5.53. The van der Waals surface area contributed by atoms with E-state index in [4.69, 9.17) is 9.47 Å². The Hall–Kier alpha value is -1.68. The van der Waals surface area contributed by atoms with E-state index in [9.17, 15) is 18.4 Å². The van der Waals surface area contributed by atoms with Gasteiger partial charge in [0.1, 0.15) is 11.2 Å². The Morgan fingerprint density at radius 3 is 1.85 bits per heavy atom. The number of alkyl carbamates (subject to hydrolysis) is 1. The van der Waals surface area contributed by atoms with Gasteiger partial charge < -0.3 is 29.5 Å². The lowest BCUT2D eigenvalue weighted by atomic mass is 10.1. The van der Waals surface area contributed by atoms with Gasteiger partial charge in [-0.2, -0.15) is 0 Å². The lowest BCUT2D eigenvalue weighted by Crippen LogP contribution is -2.45. The van der Waals surface area contributed by atoms with E-state index in [0.29, 0.717) is 26.2 Å². The van der Waals surface area contributed by atoms with Crippen LogP contribution in [0.1, 0.15) is 41.5 Å². The minimum atomic E-state index is -0.514. The van der Waals surface area contributed by atoms with Gasteiger partial charge in [0.15, 0.2) is 0 Å². The molecule has 2 rings (SSSR count). The Labute approximate surface area is 197 Å². The maximum Gasteiger partial charge on any atom is 0.410 e. The van der Waals surface area contributed by atoms with Crippen LogP contribution in [0.3, 0.4) is 0 Å². The number of likely N-dealkylation sites (tertiary alicyclic amines) is 2. The first-order chi connectivity index (χ1) is 15.1. The molecular weight excluding hydrogens is 434 g/mol. The highest BCUT2D eigenvalue weighted by atomic mass is 19.1. The summed E-state index contributed by atoms with van der Waals surface area (Å²) in [6.07, 6.45) is -0.845. The molecule has 0 aromatic heterocycles. The minimum Gasteiger partial charge on any atom is -0.444 e. The zero-order valence-electron chi connectivity index (χ0n) is 21.8. The molecule has 4 atom stereocenters. The molecule has 0 saturated carbocycles. The first-order valence-corrected chi connectivity index (χ1v) is 11.5. The van der Waals surface area contributed by atoms with Crippen LogP contribution in [0.5, 0.6) is 0 Å². The van der Waals surface area contributed by atoms with Crippen molar-refractivity contribution >= 4 is 12.2 Å². The summed E-state index contributed by atoms with van der Waals surface area (Å²) in [4.78, 5) is 29.0. The standard InChI is InChI=1S/C12H23FN2O2.C11H21FN2O2/c1-12(2,3)17-11(16)15(5)10-8-14(4)7-9(10)6-13;1-11(2,3)16-10(15)13-9-7-14(4)6-8(9)5-12/h9-10H,6-8H2,1-5H3;8-9H,5-7H2,1-4H3,(H,13,15)/t9-,10+;8-,9+/m00/s1. The average Bonchev–Trinajstić information content (AvgIpc) is 3.20. The van der Waals surface area contributed by atoms with E-state index in [1.807, 2.05) is 44.7 Å². The van der Waals surface area contributed by atoms with Crippen molar-refractivity contribution in [1.29, 1.82) is 0 Å². The van der Waals surface area contributed by atoms with Crippen LogP contribution >= 0.6 is 0 Å². The zero-order chi connectivity index (χ0) is 25.6. The van der Waals surface area contributed by atoms with Gasteiger partial charge >= 0.3 is 12.2 Å². The van der Waals surface area contributed by atoms with Crippen molar-refractivity contribution < 1.29 is 27.8 Å². The second kappa shape index (κ2) is 12.1. The molecule has 0 unspecified atom stereocenters. The van der Waals surface area contributed by atoms with E-state index >= 15 is 0 Å². The quantitative estimate of drug-likeness (QED) is 0.669. The Balaban J connectivity index is 0.000000331. The fourth-order valence-electron chi connectivity index (χ4n) is 3.99. The molecule has 2 amide bonds. The number of nitrogens with zero attached hydrogens (tertiary/aromatic N) is 3. The number of ether oxygens (including phenoxy) is 2. The Bertz CT molecular complexity index is 639. The highest BCUT2D eigenvalue weighted by molar-refractivity contribution is 5.68. The van der Waals surface area contributed by atoms with E-state index in [2.05, 4.69) is 5.32 Å². The molecule has 2 aliphatic rings. The molecule has 0 spiro atoms. The minimum absolute atomic E-state index is 0.0974. The second-order valence-electron chi connectivity index (χ2n) is 11.2. The molecule has 0 aromatic rings. The average molecular weight is 479 g/mol. The lowest BCUT2D eigenvalue weighted by molar-refractivity contribution is 0.0189. The van der Waals surface area contributed by atoms with Gasteiger partial charge in [-0.05, 0) is 55.6 Å². The lowest BCUT2D eigenvalue weighted by Gasteiger charge is -2.30. The summed E-state index contributed by atoms with van der Waals surface area (Å²) in [6, 6.07) is -0.246. The summed E-state index contributed by atoms with van der Waals surface area (Å²) < 4.78 is 36.0. The summed E-state index contributed by atoms with van der Waals surface area (Å²) in [6.45, 7) is 12.8. The first-order valence-electron chi connectivity index (χ1n) is 11.5. The molecule has 0 radical (unpaired) electrons.